The summed E-state index contributed by atoms with van der Waals surface area (Å²) in [6, 6.07) is 12.6. The van der Waals surface area contributed by atoms with Gasteiger partial charge in [0, 0.05) is 13.1 Å². The number of benzene rings is 1. The molecule has 2 aromatic rings. The van der Waals surface area contributed by atoms with E-state index in [4.69, 9.17) is 0 Å². The van der Waals surface area contributed by atoms with E-state index in [1.54, 1.807) is 11.3 Å². The molecule has 0 atom stereocenters. The molecule has 0 spiro atoms. The molecule has 0 saturated heterocycles. The number of thiophene rings is 1. The minimum atomic E-state index is 0.726. The molecular formula is C16H21N3S. The van der Waals surface area contributed by atoms with Gasteiger partial charge >= 0.3 is 0 Å². The monoisotopic (exact) mass is 287 g/mol. The summed E-state index contributed by atoms with van der Waals surface area (Å²) in [5.41, 5.74) is 2.60. The largest absolute Gasteiger partial charge is 0.357 e. The van der Waals surface area contributed by atoms with Crippen LogP contribution in [0.25, 0.3) is 0 Å². The highest BCUT2D eigenvalue weighted by Gasteiger charge is 1.98. The number of nitrogens with one attached hydrogen (secondary N) is 2. The van der Waals surface area contributed by atoms with Crippen molar-refractivity contribution in [2.45, 2.75) is 19.9 Å². The highest BCUT2D eigenvalue weighted by atomic mass is 32.1. The molecule has 1 aromatic heterocycles. The third-order valence-corrected chi connectivity index (χ3v) is 3.63. The van der Waals surface area contributed by atoms with Crippen LogP contribution in [0.3, 0.4) is 0 Å². The van der Waals surface area contributed by atoms with Crippen LogP contribution in [0.15, 0.2) is 52.2 Å². The number of hydrogen-bond acceptors (Lipinski definition) is 2. The minimum Gasteiger partial charge on any atom is -0.357 e. The van der Waals surface area contributed by atoms with Crippen LogP contribution >= 0.6 is 11.3 Å². The molecule has 0 saturated carbocycles. The lowest BCUT2D eigenvalue weighted by Gasteiger charge is -2.11. The zero-order valence-electron chi connectivity index (χ0n) is 11.8. The van der Waals surface area contributed by atoms with Crippen LogP contribution in [0.5, 0.6) is 0 Å². The molecule has 106 valence electrons. The van der Waals surface area contributed by atoms with Crippen molar-refractivity contribution in [3.05, 3.63) is 58.3 Å². The highest BCUT2D eigenvalue weighted by Crippen LogP contribution is 2.06. The number of nitrogens with zero attached hydrogens (tertiary/aromatic N) is 1. The van der Waals surface area contributed by atoms with Crippen LogP contribution in [0, 0.1) is 0 Å². The molecule has 1 heterocycles. The van der Waals surface area contributed by atoms with Crippen molar-refractivity contribution < 1.29 is 0 Å². The van der Waals surface area contributed by atoms with Crippen LogP contribution < -0.4 is 10.6 Å². The summed E-state index contributed by atoms with van der Waals surface area (Å²) >= 11 is 1.71. The minimum absolute atomic E-state index is 0.726. The molecule has 2 N–H and O–H groups in total. The summed E-state index contributed by atoms with van der Waals surface area (Å²) in [5.74, 6) is 0.884. The Kier molecular flexibility index (Phi) is 6.11. The van der Waals surface area contributed by atoms with Crippen LogP contribution in [-0.2, 0) is 13.0 Å². The standard InChI is InChI=1S/C16H21N3S/c1-2-17-16(19-12-15-9-11-20-13-15)18-10-8-14-6-4-3-5-7-14/h3-7,9,11,13H,2,8,10,12H2,1H3,(H2,17,18,19). The molecule has 1 aromatic carbocycles. The zero-order chi connectivity index (χ0) is 14.0. The summed E-state index contributed by atoms with van der Waals surface area (Å²) in [4.78, 5) is 4.59. The van der Waals surface area contributed by atoms with E-state index in [1.165, 1.54) is 11.1 Å². The topological polar surface area (TPSA) is 36.4 Å². The van der Waals surface area contributed by atoms with E-state index in [0.29, 0.717) is 0 Å². The Morgan fingerprint density at radius 1 is 1.10 bits per heavy atom. The lowest BCUT2D eigenvalue weighted by atomic mass is 10.1. The molecule has 0 aliphatic heterocycles. The summed E-state index contributed by atoms with van der Waals surface area (Å²) in [6.07, 6.45) is 1.00. The van der Waals surface area contributed by atoms with E-state index in [2.05, 4.69) is 63.6 Å². The number of aliphatic imine (C=N–C) groups is 1. The molecule has 0 radical (unpaired) electrons. The Hall–Kier alpha value is -1.81. The molecule has 0 unspecified atom stereocenters. The van der Waals surface area contributed by atoms with E-state index in [-0.39, 0.29) is 0 Å². The summed E-state index contributed by atoms with van der Waals surface area (Å²) in [6.45, 7) is 4.57. The fraction of sp³-hybridized carbons (Fsp3) is 0.312. The second-order valence-electron chi connectivity index (χ2n) is 4.49. The van der Waals surface area contributed by atoms with Gasteiger partial charge in [-0.15, -0.1) is 0 Å². The van der Waals surface area contributed by atoms with Gasteiger partial charge in [0.25, 0.3) is 0 Å². The molecule has 3 nitrogen and oxygen atoms in total. The normalized spacial score (nSPS) is 11.3. The third-order valence-electron chi connectivity index (χ3n) is 2.89. The van der Waals surface area contributed by atoms with Gasteiger partial charge in [0.2, 0.25) is 0 Å². The highest BCUT2D eigenvalue weighted by molar-refractivity contribution is 7.07. The first-order valence-electron chi connectivity index (χ1n) is 6.95. The molecule has 0 aliphatic carbocycles. The van der Waals surface area contributed by atoms with Gasteiger partial charge in [0.05, 0.1) is 6.54 Å². The van der Waals surface area contributed by atoms with Crippen LogP contribution in [0.4, 0.5) is 0 Å². The molecule has 0 amide bonds. The van der Waals surface area contributed by atoms with Gasteiger partial charge < -0.3 is 10.6 Å². The zero-order valence-corrected chi connectivity index (χ0v) is 12.6. The molecule has 0 aliphatic rings. The SMILES string of the molecule is CCNC(=NCc1ccsc1)NCCc1ccccc1. The second-order valence-corrected chi connectivity index (χ2v) is 5.27. The summed E-state index contributed by atoms with van der Waals surface area (Å²) in [5, 5.41) is 10.9. The maximum absolute atomic E-state index is 4.59. The lowest BCUT2D eigenvalue weighted by molar-refractivity contribution is 0.800. The Bertz CT molecular complexity index is 506. The first-order valence-corrected chi connectivity index (χ1v) is 7.90. The third kappa shape index (κ3) is 5.05. The second kappa shape index (κ2) is 8.38. The summed E-state index contributed by atoms with van der Waals surface area (Å²) in [7, 11) is 0. The maximum atomic E-state index is 4.59. The Labute approximate surface area is 124 Å². The molecule has 20 heavy (non-hydrogen) atoms. The van der Waals surface area contributed by atoms with Crippen LogP contribution in [-0.4, -0.2) is 19.0 Å². The van der Waals surface area contributed by atoms with Crippen LogP contribution in [0.2, 0.25) is 0 Å². The van der Waals surface area contributed by atoms with E-state index < -0.39 is 0 Å². The van der Waals surface area contributed by atoms with Gasteiger partial charge in [-0.2, -0.15) is 11.3 Å². The van der Waals surface area contributed by atoms with Gasteiger partial charge in [-0.05, 0) is 41.3 Å². The lowest BCUT2D eigenvalue weighted by Crippen LogP contribution is -2.38. The number of rotatable bonds is 6. The average molecular weight is 287 g/mol. The van der Waals surface area contributed by atoms with Crippen molar-refractivity contribution in [2.75, 3.05) is 13.1 Å². The number of guanidine groups is 1. The van der Waals surface area contributed by atoms with Crippen molar-refractivity contribution in [1.82, 2.24) is 10.6 Å². The molecule has 0 bridgehead atoms. The average Bonchev–Trinajstić information content (AvgIpc) is 2.99. The van der Waals surface area contributed by atoms with Crippen molar-refractivity contribution in [3.63, 3.8) is 0 Å². The fourth-order valence-electron chi connectivity index (χ4n) is 1.86. The van der Waals surface area contributed by atoms with Crippen molar-refractivity contribution in [3.8, 4) is 0 Å². The van der Waals surface area contributed by atoms with E-state index in [0.717, 1.165) is 32.0 Å². The van der Waals surface area contributed by atoms with Crippen molar-refractivity contribution in [2.24, 2.45) is 4.99 Å². The fourth-order valence-corrected chi connectivity index (χ4v) is 2.52. The predicted molar refractivity (Wildman–Crippen MR) is 87.3 cm³/mol. The van der Waals surface area contributed by atoms with Gasteiger partial charge in [0.1, 0.15) is 0 Å². The summed E-state index contributed by atoms with van der Waals surface area (Å²) < 4.78 is 0. The quantitative estimate of drug-likeness (QED) is 0.633. The maximum Gasteiger partial charge on any atom is 0.191 e. The van der Waals surface area contributed by atoms with Crippen molar-refractivity contribution in [1.29, 1.82) is 0 Å². The molecule has 4 heteroatoms. The van der Waals surface area contributed by atoms with Gasteiger partial charge in [-0.3, -0.25) is 0 Å². The van der Waals surface area contributed by atoms with E-state index >= 15 is 0 Å². The van der Waals surface area contributed by atoms with Gasteiger partial charge in [-0.1, -0.05) is 30.3 Å². The molecule has 2 rings (SSSR count). The number of hydrogen-bond donors (Lipinski definition) is 2. The first-order chi connectivity index (χ1) is 9.88. The Morgan fingerprint density at radius 2 is 1.95 bits per heavy atom. The Balaban J connectivity index is 1.81. The van der Waals surface area contributed by atoms with Gasteiger partial charge in [0.15, 0.2) is 5.96 Å². The van der Waals surface area contributed by atoms with Gasteiger partial charge in [-0.25, -0.2) is 4.99 Å². The van der Waals surface area contributed by atoms with E-state index in [1.807, 2.05) is 6.07 Å². The predicted octanol–water partition coefficient (Wildman–Crippen LogP) is 3.05. The van der Waals surface area contributed by atoms with E-state index in [9.17, 15) is 0 Å². The first kappa shape index (κ1) is 14.6. The Morgan fingerprint density at radius 3 is 2.65 bits per heavy atom. The van der Waals surface area contributed by atoms with Crippen LogP contribution in [0.1, 0.15) is 18.1 Å². The molecule has 0 fully saturated rings. The smallest absolute Gasteiger partial charge is 0.191 e. The molecular weight excluding hydrogens is 266 g/mol. The van der Waals surface area contributed by atoms with Crippen molar-refractivity contribution >= 4 is 17.3 Å².